The third kappa shape index (κ3) is 2.23. The van der Waals surface area contributed by atoms with Gasteiger partial charge < -0.3 is 15.8 Å². The van der Waals surface area contributed by atoms with Crippen LogP contribution in [0.3, 0.4) is 0 Å². The van der Waals surface area contributed by atoms with Crippen molar-refractivity contribution in [3.8, 4) is 0 Å². The molecule has 3 N–H and O–H groups in total. The van der Waals surface area contributed by atoms with E-state index in [1.54, 1.807) is 0 Å². The van der Waals surface area contributed by atoms with E-state index >= 15 is 0 Å². The van der Waals surface area contributed by atoms with E-state index < -0.39 is 5.54 Å². The van der Waals surface area contributed by atoms with Crippen molar-refractivity contribution in [2.45, 2.75) is 69.4 Å². The van der Waals surface area contributed by atoms with Gasteiger partial charge in [0.25, 0.3) is 0 Å². The van der Waals surface area contributed by atoms with Crippen LogP contribution in [0.5, 0.6) is 0 Å². The van der Waals surface area contributed by atoms with Gasteiger partial charge in [0.1, 0.15) is 5.54 Å². The van der Waals surface area contributed by atoms with Crippen molar-refractivity contribution in [2.24, 2.45) is 17.1 Å². The Morgan fingerprint density at radius 3 is 2.86 bits per heavy atom. The Kier molecular flexibility index (Phi) is 4.04. The van der Waals surface area contributed by atoms with Crippen LogP contribution >= 0.6 is 11.8 Å². The highest BCUT2D eigenvalue weighted by molar-refractivity contribution is 7.99. The molecule has 1 aliphatic heterocycles. The fraction of sp³-hybridized carbons (Fsp3) is 0.938. The van der Waals surface area contributed by atoms with Gasteiger partial charge in [-0.25, -0.2) is 0 Å². The van der Waals surface area contributed by atoms with E-state index in [1.165, 1.54) is 6.42 Å². The molecule has 2 saturated carbocycles. The molecular formula is C16H28N2O2S. The van der Waals surface area contributed by atoms with Crippen molar-refractivity contribution in [1.82, 2.24) is 5.32 Å². The summed E-state index contributed by atoms with van der Waals surface area (Å²) in [4.78, 5) is 12.8. The van der Waals surface area contributed by atoms with E-state index in [9.17, 15) is 4.79 Å². The lowest BCUT2D eigenvalue weighted by Crippen LogP contribution is -2.80. The number of rotatable bonds is 4. The van der Waals surface area contributed by atoms with Gasteiger partial charge in [0.2, 0.25) is 5.91 Å². The molecule has 120 valence electrons. The number of carbonyl (C=O) groups excluding carboxylic acids is 1. The Balaban J connectivity index is 1.63. The summed E-state index contributed by atoms with van der Waals surface area (Å²) in [5.74, 6) is 1.39. The number of nitrogens with one attached hydrogen (secondary N) is 1. The summed E-state index contributed by atoms with van der Waals surface area (Å²) in [7, 11) is 0. The molecule has 1 heterocycles. The number of thioether (sulfide) groups is 1. The molecule has 1 saturated heterocycles. The average molecular weight is 312 g/mol. The molecule has 5 heteroatoms. The molecule has 0 radical (unpaired) electrons. The van der Waals surface area contributed by atoms with Crippen molar-refractivity contribution >= 4 is 17.7 Å². The van der Waals surface area contributed by atoms with Gasteiger partial charge in [-0.15, -0.1) is 0 Å². The van der Waals surface area contributed by atoms with Gasteiger partial charge in [0.15, 0.2) is 0 Å². The summed E-state index contributed by atoms with van der Waals surface area (Å²) < 4.78 is 5.77. The molecule has 0 aromatic heterocycles. The molecule has 3 aliphatic rings. The third-order valence-corrected chi connectivity index (χ3v) is 7.18. The molecule has 5 unspecified atom stereocenters. The minimum absolute atomic E-state index is 0.0476. The molecule has 4 nitrogen and oxygen atoms in total. The van der Waals surface area contributed by atoms with E-state index in [4.69, 9.17) is 10.5 Å². The first-order valence-corrected chi connectivity index (χ1v) is 9.29. The van der Waals surface area contributed by atoms with Crippen molar-refractivity contribution in [3.63, 3.8) is 0 Å². The van der Waals surface area contributed by atoms with Crippen LogP contribution in [0.2, 0.25) is 0 Å². The topological polar surface area (TPSA) is 64.4 Å². The van der Waals surface area contributed by atoms with Gasteiger partial charge in [-0.2, -0.15) is 11.8 Å². The summed E-state index contributed by atoms with van der Waals surface area (Å²) in [6, 6.07) is 0.305. The average Bonchev–Trinajstić information content (AvgIpc) is 3.06. The Morgan fingerprint density at radius 1 is 1.38 bits per heavy atom. The SMILES string of the molecule is CCSC1CCC(NC(=O)C2(N)C3CCOC3C2(C)C)C1. The zero-order chi connectivity index (χ0) is 15.3. The zero-order valence-electron chi connectivity index (χ0n) is 13.4. The monoisotopic (exact) mass is 312 g/mol. The Labute approximate surface area is 131 Å². The molecule has 0 aromatic rings. The fourth-order valence-corrected chi connectivity index (χ4v) is 5.75. The van der Waals surface area contributed by atoms with Crippen LogP contribution in [0.4, 0.5) is 0 Å². The van der Waals surface area contributed by atoms with Crippen molar-refractivity contribution in [1.29, 1.82) is 0 Å². The van der Waals surface area contributed by atoms with Crippen LogP contribution in [0.25, 0.3) is 0 Å². The van der Waals surface area contributed by atoms with Crippen LogP contribution in [0, 0.1) is 11.3 Å². The lowest BCUT2D eigenvalue weighted by atomic mass is 9.48. The maximum absolute atomic E-state index is 12.8. The van der Waals surface area contributed by atoms with Crippen molar-refractivity contribution < 1.29 is 9.53 Å². The number of amides is 1. The highest BCUT2D eigenvalue weighted by Gasteiger charge is 2.71. The molecule has 0 bridgehead atoms. The minimum atomic E-state index is -0.760. The lowest BCUT2D eigenvalue weighted by molar-refractivity contribution is -0.175. The number of nitrogens with two attached hydrogens (primary N) is 1. The van der Waals surface area contributed by atoms with E-state index in [2.05, 4.69) is 26.1 Å². The number of fused-ring (bicyclic) bond motifs is 1. The summed E-state index contributed by atoms with van der Waals surface area (Å²) in [5, 5.41) is 3.95. The molecule has 0 spiro atoms. The van der Waals surface area contributed by atoms with Crippen LogP contribution in [0.15, 0.2) is 0 Å². The molecule has 2 aliphatic carbocycles. The van der Waals surface area contributed by atoms with Crippen LogP contribution in [0.1, 0.15) is 46.5 Å². The summed E-state index contributed by atoms with van der Waals surface area (Å²) in [6.45, 7) is 7.08. The molecule has 0 aromatic carbocycles. The lowest BCUT2D eigenvalue weighted by Gasteiger charge is -2.60. The van der Waals surface area contributed by atoms with Crippen LogP contribution < -0.4 is 11.1 Å². The second-order valence-corrected chi connectivity index (χ2v) is 8.92. The Morgan fingerprint density at radius 2 is 2.14 bits per heavy atom. The summed E-state index contributed by atoms with van der Waals surface area (Å²) >= 11 is 2.01. The number of carbonyl (C=O) groups is 1. The highest BCUT2D eigenvalue weighted by Crippen LogP contribution is 2.58. The van der Waals surface area contributed by atoms with Gasteiger partial charge in [-0.05, 0) is 31.4 Å². The van der Waals surface area contributed by atoms with Gasteiger partial charge in [0.05, 0.1) is 6.10 Å². The molecule has 5 atom stereocenters. The first kappa shape index (κ1) is 15.6. The summed E-state index contributed by atoms with van der Waals surface area (Å²) in [5.41, 5.74) is 5.55. The van der Waals surface area contributed by atoms with Crippen molar-refractivity contribution in [2.75, 3.05) is 12.4 Å². The Bertz CT molecular complexity index is 429. The number of hydrogen-bond donors (Lipinski definition) is 2. The smallest absolute Gasteiger partial charge is 0.241 e. The van der Waals surface area contributed by atoms with Gasteiger partial charge in [-0.3, -0.25) is 4.79 Å². The molecule has 1 amide bonds. The van der Waals surface area contributed by atoms with Gasteiger partial charge in [-0.1, -0.05) is 20.8 Å². The van der Waals surface area contributed by atoms with Crippen molar-refractivity contribution in [3.05, 3.63) is 0 Å². The number of hydrogen-bond acceptors (Lipinski definition) is 4. The van der Waals surface area contributed by atoms with Crippen LogP contribution in [-0.2, 0) is 9.53 Å². The van der Waals surface area contributed by atoms with E-state index in [-0.39, 0.29) is 23.3 Å². The first-order chi connectivity index (χ1) is 9.91. The zero-order valence-corrected chi connectivity index (χ0v) is 14.2. The quantitative estimate of drug-likeness (QED) is 0.832. The van der Waals surface area contributed by atoms with Gasteiger partial charge >= 0.3 is 0 Å². The molecule has 3 fully saturated rings. The summed E-state index contributed by atoms with van der Waals surface area (Å²) in [6.07, 6.45) is 4.45. The molecule has 21 heavy (non-hydrogen) atoms. The van der Waals surface area contributed by atoms with Crippen LogP contribution in [-0.4, -0.2) is 41.2 Å². The Hall–Kier alpha value is -0.260. The number of ether oxygens (including phenoxy) is 1. The minimum Gasteiger partial charge on any atom is -0.377 e. The first-order valence-electron chi connectivity index (χ1n) is 8.24. The predicted octanol–water partition coefficient (Wildman–Crippen LogP) is 1.92. The standard InChI is InChI=1S/C16H28N2O2S/c1-4-21-11-6-5-10(9-11)18-14(19)16(17)12-7-8-20-13(12)15(16,2)3/h10-13H,4-9,17H2,1-3H3,(H,18,19). The van der Waals surface area contributed by atoms with Gasteiger partial charge in [0, 0.05) is 29.2 Å². The normalized spacial score (nSPS) is 44.2. The van der Waals surface area contributed by atoms with E-state index in [0.717, 1.165) is 31.6 Å². The molecular weight excluding hydrogens is 284 g/mol. The second-order valence-electron chi connectivity index (χ2n) is 7.34. The highest BCUT2D eigenvalue weighted by atomic mass is 32.2. The molecule has 3 rings (SSSR count). The van der Waals surface area contributed by atoms with E-state index in [1.807, 2.05) is 11.8 Å². The van der Waals surface area contributed by atoms with E-state index in [0.29, 0.717) is 11.3 Å². The maximum Gasteiger partial charge on any atom is 0.241 e. The fourth-order valence-electron chi connectivity index (χ4n) is 4.61. The largest absolute Gasteiger partial charge is 0.377 e. The third-order valence-electron chi connectivity index (χ3n) is 5.95. The predicted molar refractivity (Wildman–Crippen MR) is 86.2 cm³/mol. The second kappa shape index (κ2) is 5.43. The maximum atomic E-state index is 12.8.